The molecule has 2 rings (SSSR count). The zero-order valence-corrected chi connectivity index (χ0v) is 15.1. The van der Waals surface area contributed by atoms with Crippen LogP contribution in [0.1, 0.15) is 20.3 Å². The van der Waals surface area contributed by atoms with Gasteiger partial charge in [-0.15, -0.1) is 24.0 Å². The Balaban J connectivity index is 0.00000200. The molecule has 2 saturated heterocycles. The fourth-order valence-electron chi connectivity index (χ4n) is 2.86. The van der Waals surface area contributed by atoms with Gasteiger partial charge in [-0.05, 0) is 24.8 Å². The van der Waals surface area contributed by atoms with Crippen LogP contribution in [0.5, 0.6) is 0 Å². The highest BCUT2D eigenvalue weighted by atomic mass is 127. The van der Waals surface area contributed by atoms with Crippen molar-refractivity contribution in [3.05, 3.63) is 0 Å². The number of nitrogens with two attached hydrogens (primary N) is 1. The van der Waals surface area contributed by atoms with Crippen molar-refractivity contribution >= 4 is 29.9 Å². The first-order chi connectivity index (χ1) is 9.15. The monoisotopic (exact) mass is 396 g/mol. The van der Waals surface area contributed by atoms with E-state index in [9.17, 15) is 0 Å². The van der Waals surface area contributed by atoms with Gasteiger partial charge in [-0.1, -0.05) is 13.8 Å². The Morgan fingerprint density at radius 1 is 1.30 bits per heavy atom. The molecule has 20 heavy (non-hydrogen) atoms. The van der Waals surface area contributed by atoms with Gasteiger partial charge in [-0.3, -0.25) is 4.99 Å². The molecule has 0 aromatic rings. The van der Waals surface area contributed by atoms with Crippen LogP contribution in [0, 0.1) is 11.8 Å². The minimum Gasteiger partial charge on any atom is -0.378 e. The summed E-state index contributed by atoms with van der Waals surface area (Å²) in [4.78, 5) is 9.26. The quantitative estimate of drug-likeness (QED) is 0.441. The van der Waals surface area contributed by atoms with Crippen LogP contribution >= 0.6 is 24.0 Å². The first-order valence-corrected chi connectivity index (χ1v) is 7.50. The molecule has 2 N–H and O–H groups in total. The summed E-state index contributed by atoms with van der Waals surface area (Å²) in [5, 5.41) is 0. The zero-order chi connectivity index (χ0) is 13.7. The molecule has 0 aromatic carbocycles. The smallest absolute Gasteiger partial charge is 0.191 e. The molecule has 1 unspecified atom stereocenters. The van der Waals surface area contributed by atoms with Gasteiger partial charge in [0.05, 0.1) is 13.2 Å². The molecule has 2 fully saturated rings. The van der Waals surface area contributed by atoms with E-state index in [1.54, 1.807) is 0 Å². The maximum absolute atomic E-state index is 6.05. The van der Waals surface area contributed by atoms with Gasteiger partial charge < -0.3 is 20.3 Å². The molecular formula is C14H29IN4O. The lowest BCUT2D eigenvalue weighted by molar-refractivity contribution is 0.0674. The standard InChI is InChI=1S/C14H28N4O.HI/c1-12(2)10-17-4-3-13(11-17)9-16-14(15)18-5-7-19-8-6-18;/h12-13H,3-11H2,1-2H3,(H2,15,16);1H. The Kier molecular flexibility index (Phi) is 8.13. The largest absolute Gasteiger partial charge is 0.378 e. The van der Waals surface area contributed by atoms with E-state index in [-0.39, 0.29) is 24.0 Å². The third-order valence-corrected chi connectivity index (χ3v) is 3.84. The van der Waals surface area contributed by atoms with E-state index in [1.165, 1.54) is 26.1 Å². The topological polar surface area (TPSA) is 54.1 Å². The number of likely N-dealkylation sites (tertiary alicyclic amines) is 1. The first-order valence-electron chi connectivity index (χ1n) is 7.50. The predicted molar refractivity (Wildman–Crippen MR) is 93.7 cm³/mol. The molecule has 6 heteroatoms. The van der Waals surface area contributed by atoms with Crippen molar-refractivity contribution in [3.63, 3.8) is 0 Å². The lowest BCUT2D eigenvalue weighted by atomic mass is 10.1. The minimum atomic E-state index is 0. The maximum atomic E-state index is 6.05. The normalized spacial score (nSPS) is 25.1. The van der Waals surface area contributed by atoms with E-state index in [2.05, 4.69) is 28.6 Å². The summed E-state index contributed by atoms with van der Waals surface area (Å²) in [7, 11) is 0. The molecule has 118 valence electrons. The lowest BCUT2D eigenvalue weighted by Gasteiger charge is -2.27. The van der Waals surface area contributed by atoms with Crippen LogP contribution in [-0.2, 0) is 4.74 Å². The van der Waals surface area contributed by atoms with Gasteiger partial charge >= 0.3 is 0 Å². The van der Waals surface area contributed by atoms with Crippen molar-refractivity contribution in [3.8, 4) is 0 Å². The highest BCUT2D eigenvalue weighted by Gasteiger charge is 2.22. The molecule has 5 nitrogen and oxygen atoms in total. The molecule has 2 aliphatic heterocycles. The highest BCUT2D eigenvalue weighted by Crippen LogP contribution is 2.17. The van der Waals surface area contributed by atoms with Crippen LogP contribution in [0.2, 0.25) is 0 Å². The molecule has 2 aliphatic rings. The van der Waals surface area contributed by atoms with E-state index >= 15 is 0 Å². The van der Waals surface area contributed by atoms with Crippen molar-refractivity contribution in [1.29, 1.82) is 0 Å². The van der Waals surface area contributed by atoms with Crippen molar-refractivity contribution in [1.82, 2.24) is 9.80 Å². The van der Waals surface area contributed by atoms with E-state index in [0.717, 1.165) is 38.8 Å². The number of ether oxygens (including phenoxy) is 1. The number of halogens is 1. The molecule has 0 spiro atoms. The highest BCUT2D eigenvalue weighted by molar-refractivity contribution is 14.0. The Morgan fingerprint density at radius 3 is 2.65 bits per heavy atom. The van der Waals surface area contributed by atoms with Gasteiger partial charge in [0.2, 0.25) is 0 Å². The Bertz CT molecular complexity index is 306. The second kappa shape index (κ2) is 9.04. The van der Waals surface area contributed by atoms with Gasteiger partial charge in [0, 0.05) is 32.7 Å². The number of hydrogen-bond acceptors (Lipinski definition) is 3. The molecule has 0 aromatic heterocycles. The van der Waals surface area contributed by atoms with Gasteiger partial charge in [0.15, 0.2) is 5.96 Å². The second-order valence-electron chi connectivity index (χ2n) is 6.11. The summed E-state index contributed by atoms with van der Waals surface area (Å²) in [5.41, 5.74) is 6.05. The van der Waals surface area contributed by atoms with E-state index < -0.39 is 0 Å². The molecular weight excluding hydrogens is 367 g/mol. The van der Waals surface area contributed by atoms with Crippen molar-refractivity contribution in [2.45, 2.75) is 20.3 Å². The Hall–Kier alpha value is -0.0800. The molecule has 1 atom stereocenters. The lowest BCUT2D eigenvalue weighted by Crippen LogP contribution is -2.45. The second-order valence-corrected chi connectivity index (χ2v) is 6.11. The van der Waals surface area contributed by atoms with E-state index in [0.29, 0.717) is 11.9 Å². The van der Waals surface area contributed by atoms with Crippen LogP contribution in [0.15, 0.2) is 4.99 Å². The average Bonchev–Trinajstić information content (AvgIpc) is 2.84. The number of guanidine groups is 1. The van der Waals surface area contributed by atoms with Crippen molar-refractivity contribution in [2.75, 3.05) is 52.5 Å². The minimum absolute atomic E-state index is 0. The van der Waals surface area contributed by atoms with Crippen LogP contribution in [0.25, 0.3) is 0 Å². The molecule has 0 aliphatic carbocycles. The SMILES string of the molecule is CC(C)CN1CCC(CN=C(N)N2CCOCC2)C1.I. The average molecular weight is 396 g/mol. The molecule has 2 heterocycles. The molecule has 0 bridgehead atoms. The molecule has 0 amide bonds. The van der Waals surface area contributed by atoms with Crippen LogP contribution in [0.3, 0.4) is 0 Å². The molecule has 0 radical (unpaired) electrons. The number of morpholine rings is 1. The fourth-order valence-corrected chi connectivity index (χ4v) is 2.86. The van der Waals surface area contributed by atoms with Gasteiger partial charge in [-0.2, -0.15) is 0 Å². The zero-order valence-electron chi connectivity index (χ0n) is 12.8. The summed E-state index contributed by atoms with van der Waals surface area (Å²) in [6.45, 7) is 12.3. The van der Waals surface area contributed by atoms with Crippen LogP contribution < -0.4 is 5.73 Å². The Morgan fingerprint density at radius 2 is 2.00 bits per heavy atom. The van der Waals surface area contributed by atoms with Crippen molar-refractivity contribution < 1.29 is 4.74 Å². The van der Waals surface area contributed by atoms with Gasteiger partial charge in [-0.25, -0.2) is 0 Å². The van der Waals surface area contributed by atoms with Gasteiger partial charge in [0.1, 0.15) is 0 Å². The maximum Gasteiger partial charge on any atom is 0.191 e. The number of hydrogen-bond donors (Lipinski definition) is 1. The van der Waals surface area contributed by atoms with Crippen molar-refractivity contribution in [2.24, 2.45) is 22.6 Å². The predicted octanol–water partition coefficient (Wildman–Crippen LogP) is 1.23. The summed E-state index contributed by atoms with van der Waals surface area (Å²) >= 11 is 0. The number of aliphatic imine (C=N–C) groups is 1. The van der Waals surface area contributed by atoms with E-state index in [4.69, 9.17) is 10.5 Å². The third-order valence-electron chi connectivity index (χ3n) is 3.84. The summed E-state index contributed by atoms with van der Waals surface area (Å²) in [5.74, 6) is 2.13. The molecule has 0 saturated carbocycles. The first kappa shape index (κ1) is 18.0. The number of nitrogens with zero attached hydrogens (tertiary/aromatic N) is 3. The van der Waals surface area contributed by atoms with E-state index in [1.807, 2.05) is 0 Å². The summed E-state index contributed by atoms with van der Waals surface area (Å²) < 4.78 is 5.32. The fraction of sp³-hybridized carbons (Fsp3) is 0.929. The van der Waals surface area contributed by atoms with Crippen LogP contribution in [-0.4, -0.2) is 68.2 Å². The van der Waals surface area contributed by atoms with Gasteiger partial charge in [0.25, 0.3) is 0 Å². The summed E-state index contributed by atoms with van der Waals surface area (Å²) in [6, 6.07) is 0. The third kappa shape index (κ3) is 5.73. The summed E-state index contributed by atoms with van der Waals surface area (Å²) in [6.07, 6.45) is 1.26. The van der Waals surface area contributed by atoms with Crippen LogP contribution in [0.4, 0.5) is 0 Å². The Labute approximate surface area is 139 Å². The number of rotatable bonds is 4.